The van der Waals surface area contributed by atoms with Crippen molar-refractivity contribution in [3.8, 4) is 0 Å². The van der Waals surface area contributed by atoms with E-state index in [1.165, 1.54) is 28.1 Å². The number of likely N-dealkylation sites (N-methyl/N-ethyl adjacent to an activating group) is 1. The first kappa shape index (κ1) is 10.3. The molecule has 0 spiro atoms. The SMILES string of the molecule is C=C1N(C)c2c(C)cc(C)cc2C1(C)C. The summed E-state index contributed by atoms with van der Waals surface area (Å²) in [5.41, 5.74) is 6.69. The highest BCUT2D eigenvalue weighted by atomic mass is 15.2. The van der Waals surface area contributed by atoms with Crippen molar-refractivity contribution < 1.29 is 0 Å². The van der Waals surface area contributed by atoms with Crippen molar-refractivity contribution in [1.29, 1.82) is 0 Å². The van der Waals surface area contributed by atoms with Gasteiger partial charge < -0.3 is 4.90 Å². The maximum Gasteiger partial charge on any atom is 0.0477 e. The number of fused-ring (bicyclic) bond motifs is 1. The fraction of sp³-hybridized carbons (Fsp3) is 0.429. The molecule has 0 aromatic heterocycles. The molecule has 0 N–H and O–H groups in total. The normalized spacial score (nSPS) is 18.2. The Labute approximate surface area is 92.4 Å². The van der Waals surface area contributed by atoms with Gasteiger partial charge in [0.25, 0.3) is 0 Å². The average Bonchev–Trinajstić information content (AvgIpc) is 2.28. The Morgan fingerprint density at radius 3 is 2.40 bits per heavy atom. The summed E-state index contributed by atoms with van der Waals surface area (Å²) in [5, 5.41) is 0. The van der Waals surface area contributed by atoms with E-state index in [0.717, 1.165) is 0 Å². The summed E-state index contributed by atoms with van der Waals surface area (Å²) in [4.78, 5) is 2.23. The van der Waals surface area contributed by atoms with E-state index in [2.05, 4.69) is 58.4 Å². The fourth-order valence-corrected chi connectivity index (χ4v) is 2.59. The molecule has 2 rings (SSSR count). The van der Waals surface area contributed by atoms with Crippen LogP contribution in [0.5, 0.6) is 0 Å². The molecule has 1 aliphatic rings. The molecular formula is C14H19N. The predicted octanol–water partition coefficient (Wildman–Crippen LogP) is 3.54. The van der Waals surface area contributed by atoms with Crippen molar-refractivity contribution in [2.45, 2.75) is 33.1 Å². The molecule has 1 heteroatoms. The van der Waals surface area contributed by atoms with E-state index in [4.69, 9.17) is 0 Å². The van der Waals surface area contributed by atoms with Crippen LogP contribution < -0.4 is 4.90 Å². The van der Waals surface area contributed by atoms with Crippen LogP contribution in [0, 0.1) is 13.8 Å². The summed E-state index contributed by atoms with van der Waals surface area (Å²) in [6, 6.07) is 4.53. The van der Waals surface area contributed by atoms with Crippen LogP contribution >= 0.6 is 0 Å². The van der Waals surface area contributed by atoms with Gasteiger partial charge in [-0.05, 0) is 25.0 Å². The molecule has 1 nitrogen and oxygen atoms in total. The number of allylic oxidation sites excluding steroid dienone is 1. The fourth-order valence-electron chi connectivity index (χ4n) is 2.59. The topological polar surface area (TPSA) is 3.24 Å². The van der Waals surface area contributed by atoms with Gasteiger partial charge in [-0.15, -0.1) is 0 Å². The Morgan fingerprint density at radius 1 is 1.20 bits per heavy atom. The lowest BCUT2D eigenvalue weighted by atomic mass is 9.83. The maximum absolute atomic E-state index is 4.20. The molecule has 0 saturated carbocycles. The first-order chi connectivity index (χ1) is 6.85. The predicted molar refractivity (Wildman–Crippen MR) is 66.5 cm³/mol. The third-order valence-electron chi connectivity index (χ3n) is 3.58. The molecule has 0 aliphatic carbocycles. The minimum Gasteiger partial charge on any atom is -0.347 e. The lowest BCUT2D eigenvalue weighted by Crippen LogP contribution is -2.21. The second kappa shape index (κ2) is 2.88. The van der Waals surface area contributed by atoms with E-state index >= 15 is 0 Å². The molecule has 1 aromatic rings. The van der Waals surface area contributed by atoms with Crippen molar-refractivity contribution in [2.75, 3.05) is 11.9 Å². The van der Waals surface area contributed by atoms with Crippen molar-refractivity contribution in [3.05, 3.63) is 41.1 Å². The number of nitrogens with zero attached hydrogens (tertiary/aromatic N) is 1. The van der Waals surface area contributed by atoms with Crippen LogP contribution in [0.3, 0.4) is 0 Å². The highest BCUT2D eigenvalue weighted by molar-refractivity contribution is 5.73. The molecule has 1 heterocycles. The molecule has 0 saturated heterocycles. The van der Waals surface area contributed by atoms with E-state index in [9.17, 15) is 0 Å². The smallest absolute Gasteiger partial charge is 0.0477 e. The second-order valence-electron chi connectivity index (χ2n) is 5.11. The van der Waals surface area contributed by atoms with Crippen molar-refractivity contribution in [3.63, 3.8) is 0 Å². The molecule has 0 unspecified atom stereocenters. The minimum absolute atomic E-state index is 0.0703. The molecule has 0 atom stereocenters. The second-order valence-corrected chi connectivity index (χ2v) is 5.11. The summed E-state index contributed by atoms with van der Waals surface area (Å²) >= 11 is 0. The van der Waals surface area contributed by atoms with E-state index < -0.39 is 0 Å². The molecule has 15 heavy (non-hydrogen) atoms. The van der Waals surface area contributed by atoms with Crippen LogP contribution in [0.2, 0.25) is 0 Å². The lowest BCUT2D eigenvalue weighted by Gasteiger charge is -2.22. The Hall–Kier alpha value is -1.24. The monoisotopic (exact) mass is 201 g/mol. The molecule has 0 fully saturated rings. The summed E-state index contributed by atoms with van der Waals surface area (Å²) in [5.74, 6) is 0. The van der Waals surface area contributed by atoms with Gasteiger partial charge in [-0.3, -0.25) is 0 Å². The zero-order valence-electron chi connectivity index (χ0n) is 10.3. The van der Waals surface area contributed by atoms with Gasteiger partial charge in [-0.1, -0.05) is 38.1 Å². The first-order valence-corrected chi connectivity index (χ1v) is 5.40. The van der Waals surface area contributed by atoms with Crippen molar-refractivity contribution in [2.24, 2.45) is 0 Å². The molecule has 1 aliphatic heterocycles. The van der Waals surface area contributed by atoms with Crippen molar-refractivity contribution >= 4 is 5.69 Å². The quantitative estimate of drug-likeness (QED) is 0.620. The van der Waals surface area contributed by atoms with Gasteiger partial charge in [-0.25, -0.2) is 0 Å². The average molecular weight is 201 g/mol. The standard InChI is InChI=1S/C14H19N/c1-9-7-10(2)13-12(8-9)14(4,5)11(3)15(13)6/h7-8H,3H2,1-2,4-6H3. The van der Waals surface area contributed by atoms with Gasteiger partial charge in [0.1, 0.15) is 0 Å². The summed E-state index contributed by atoms with van der Waals surface area (Å²) < 4.78 is 0. The third-order valence-corrected chi connectivity index (χ3v) is 3.58. The zero-order chi connectivity index (χ0) is 11.4. The van der Waals surface area contributed by atoms with Gasteiger partial charge in [0.15, 0.2) is 0 Å². The minimum atomic E-state index is 0.0703. The number of anilines is 1. The van der Waals surface area contributed by atoms with Crippen LogP contribution in [0.15, 0.2) is 24.4 Å². The largest absolute Gasteiger partial charge is 0.347 e. The highest BCUT2D eigenvalue weighted by Crippen LogP contribution is 2.47. The van der Waals surface area contributed by atoms with Crippen LogP contribution in [-0.4, -0.2) is 7.05 Å². The Bertz CT molecular complexity index is 441. The maximum atomic E-state index is 4.20. The van der Waals surface area contributed by atoms with Gasteiger partial charge in [0, 0.05) is 23.8 Å². The third kappa shape index (κ3) is 1.22. The number of hydrogen-bond acceptors (Lipinski definition) is 1. The molecule has 0 bridgehead atoms. The van der Waals surface area contributed by atoms with Crippen LogP contribution in [0.1, 0.15) is 30.5 Å². The number of benzene rings is 1. The first-order valence-electron chi connectivity index (χ1n) is 5.40. The number of rotatable bonds is 0. The van der Waals surface area contributed by atoms with Crippen LogP contribution in [0.4, 0.5) is 5.69 Å². The highest BCUT2D eigenvalue weighted by Gasteiger charge is 2.37. The van der Waals surface area contributed by atoms with Gasteiger partial charge in [0.2, 0.25) is 0 Å². The van der Waals surface area contributed by atoms with Gasteiger partial charge >= 0.3 is 0 Å². The van der Waals surface area contributed by atoms with Crippen LogP contribution in [0.25, 0.3) is 0 Å². The molecule has 0 amide bonds. The Kier molecular flexibility index (Phi) is 1.97. The molecule has 1 aromatic carbocycles. The Morgan fingerprint density at radius 2 is 1.80 bits per heavy atom. The molecule has 0 radical (unpaired) electrons. The molecule has 80 valence electrons. The van der Waals surface area contributed by atoms with E-state index in [-0.39, 0.29) is 5.41 Å². The lowest BCUT2D eigenvalue weighted by molar-refractivity contribution is 0.642. The summed E-state index contributed by atoms with van der Waals surface area (Å²) in [7, 11) is 2.11. The summed E-state index contributed by atoms with van der Waals surface area (Å²) in [6.45, 7) is 13.0. The van der Waals surface area contributed by atoms with Crippen molar-refractivity contribution in [1.82, 2.24) is 0 Å². The van der Waals surface area contributed by atoms with Gasteiger partial charge in [0.05, 0.1) is 0 Å². The van der Waals surface area contributed by atoms with Gasteiger partial charge in [-0.2, -0.15) is 0 Å². The Balaban J connectivity index is 2.77. The van der Waals surface area contributed by atoms with Crippen LogP contribution in [-0.2, 0) is 5.41 Å². The molecular weight excluding hydrogens is 182 g/mol. The number of hydrogen-bond donors (Lipinski definition) is 0. The van der Waals surface area contributed by atoms with E-state index in [1.807, 2.05) is 0 Å². The zero-order valence-corrected chi connectivity index (χ0v) is 10.3. The summed E-state index contributed by atoms with van der Waals surface area (Å²) in [6.07, 6.45) is 0. The number of aryl methyl sites for hydroxylation is 2. The van der Waals surface area contributed by atoms with E-state index in [0.29, 0.717) is 0 Å². The van der Waals surface area contributed by atoms with E-state index in [1.54, 1.807) is 0 Å².